The fourth-order valence-corrected chi connectivity index (χ4v) is 3.07. The van der Waals surface area contributed by atoms with E-state index in [1.165, 1.54) is 41.3 Å². The lowest BCUT2D eigenvalue weighted by atomic mass is 10.2. The van der Waals surface area contributed by atoms with Gasteiger partial charge >= 0.3 is 0 Å². The third-order valence-corrected chi connectivity index (χ3v) is 5.19. The molecule has 1 aromatic carbocycles. The van der Waals surface area contributed by atoms with Crippen molar-refractivity contribution in [2.75, 3.05) is 27.3 Å². The van der Waals surface area contributed by atoms with E-state index in [2.05, 4.69) is 5.10 Å². The number of sulfonamides is 1. The van der Waals surface area contributed by atoms with Gasteiger partial charge < -0.3 is 9.84 Å². The van der Waals surface area contributed by atoms with E-state index in [1.54, 1.807) is 19.2 Å². The molecule has 0 spiro atoms. The van der Waals surface area contributed by atoms with Crippen molar-refractivity contribution >= 4 is 10.0 Å². The summed E-state index contributed by atoms with van der Waals surface area (Å²) in [5.74, 6) is 0.0472. The number of hydrogen-bond donors (Lipinski definition) is 1. The lowest BCUT2D eigenvalue weighted by Crippen LogP contribution is -2.30. The minimum Gasteiger partial charge on any atom is -0.493 e. The molecule has 0 atom stereocenters. The molecular formula is C14H19N3O4S. The number of nitrogens with zero attached hydrogens (tertiary/aromatic N) is 3. The summed E-state index contributed by atoms with van der Waals surface area (Å²) in [7, 11) is 1.13. The highest BCUT2D eigenvalue weighted by Gasteiger charge is 2.20. The van der Waals surface area contributed by atoms with E-state index < -0.39 is 10.0 Å². The number of methoxy groups -OCH3 is 1. The molecule has 0 fully saturated rings. The Morgan fingerprint density at radius 3 is 2.45 bits per heavy atom. The van der Waals surface area contributed by atoms with Crippen molar-refractivity contribution in [1.82, 2.24) is 14.1 Å². The number of aromatic nitrogens is 2. The van der Waals surface area contributed by atoms with Gasteiger partial charge in [0.2, 0.25) is 15.9 Å². The van der Waals surface area contributed by atoms with Gasteiger partial charge in [-0.3, -0.25) is 0 Å². The maximum Gasteiger partial charge on any atom is 0.242 e. The number of hydrogen-bond acceptors (Lipinski definition) is 5. The number of benzene rings is 1. The Bertz CT molecular complexity index is 718. The number of likely N-dealkylation sites (N-methyl/N-ethyl adjacent to an activating group) is 1. The Hall–Kier alpha value is -1.90. The first-order valence-corrected chi connectivity index (χ1v) is 8.09. The molecule has 1 aromatic heterocycles. The largest absolute Gasteiger partial charge is 0.493 e. The second-order valence-corrected chi connectivity index (χ2v) is 6.90. The van der Waals surface area contributed by atoms with Gasteiger partial charge in [-0.15, -0.1) is 0 Å². The van der Waals surface area contributed by atoms with Gasteiger partial charge in [-0.1, -0.05) is 12.1 Å². The summed E-state index contributed by atoms with van der Waals surface area (Å²) < 4.78 is 32.2. The first-order valence-electron chi connectivity index (χ1n) is 6.65. The molecule has 1 heterocycles. The monoisotopic (exact) mass is 325 g/mol. The molecule has 0 unspecified atom stereocenters. The maximum atomic E-state index is 12.4. The summed E-state index contributed by atoms with van der Waals surface area (Å²) in [4.78, 5) is 0.204. The standard InChI is InChI=1S/C14H19N3O4S/c1-16(8-9-21-3)22(19,20)12-6-4-11(5-7-12)13-10-14(18)17(2)15-13/h4-7,10,18H,8-9H2,1-3H3. The molecule has 0 aliphatic rings. The molecule has 7 nitrogen and oxygen atoms in total. The number of aromatic hydroxyl groups is 1. The zero-order chi connectivity index (χ0) is 16.3. The van der Waals surface area contributed by atoms with Gasteiger partial charge in [-0.2, -0.15) is 9.40 Å². The molecule has 2 aromatic rings. The molecule has 0 aliphatic carbocycles. The average molecular weight is 325 g/mol. The minimum atomic E-state index is -3.53. The van der Waals surface area contributed by atoms with Crippen LogP contribution in [0.15, 0.2) is 35.2 Å². The zero-order valence-electron chi connectivity index (χ0n) is 12.7. The SMILES string of the molecule is COCCN(C)S(=O)(=O)c1ccc(-c2cc(O)n(C)n2)cc1. The van der Waals surface area contributed by atoms with Gasteiger partial charge in [0.05, 0.1) is 17.2 Å². The maximum absolute atomic E-state index is 12.4. The second kappa shape index (κ2) is 6.47. The number of aryl methyl sites for hydroxylation is 1. The van der Waals surface area contributed by atoms with Crippen LogP contribution in [-0.2, 0) is 21.8 Å². The molecule has 1 N–H and O–H groups in total. The Kier molecular flexibility index (Phi) is 4.84. The fourth-order valence-electron chi connectivity index (χ4n) is 1.92. The van der Waals surface area contributed by atoms with Crippen molar-refractivity contribution in [3.63, 3.8) is 0 Å². The molecule has 120 valence electrons. The van der Waals surface area contributed by atoms with Gasteiger partial charge in [0, 0.05) is 39.4 Å². The predicted octanol–water partition coefficient (Wildman–Crippen LogP) is 1.06. The van der Waals surface area contributed by atoms with E-state index in [9.17, 15) is 13.5 Å². The molecule has 0 amide bonds. The Morgan fingerprint density at radius 1 is 1.32 bits per heavy atom. The van der Waals surface area contributed by atoms with Gasteiger partial charge in [0.1, 0.15) is 0 Å². The topological polar surface area (TPSA) is 84.7 Å². The van der Waals surface area contributed by atoms with Crippen LogP contribution < -0.4 is 0 Å². The van der Waals surface area contributed by atoms with Crippen molar-refractivity contribution in [3.8, 4) is 17.1 Å². The highest BCUT2D eigenvalue weighted by Crippen LogP contribution is 2.24. The Balaban J connectivity index is 2.24. The average Bonchev–Trinajstić information content (AvgIpc) is 2.84. The lowest BCUT2D eigenvalue weighted by molar-refractivity contribution is 0.185. The molecule has 0 bridgehead atoms. The highest BCUT2D eigenvalue weighted by atomic mass is 32.2. The molecular weight excluding hydrogens is 306 g/mol. The van der Waals surface area contributed by atoms with Crippen molar-refractivity contribution in [2.45, 2.75) is 4.90 Å². The smallest absolute Gasteiger partial charge is 0.242 e. The lowest BCUT2D eigenvalue weighted by Gasteiger charge is -2.16. The molecule has 0 saturated heterocycles. The van der Waals surface area contributed by atoms with Crippen LogP contribution in [0.25, 0.3) is 11.3 Å². The Labute approximate surface area is 129 Å². The van der Waals surface area contributed by atoms with Crippen LogP contribution in [0.4, 0.5) is 0 Å². The van der Waals surface area contributed by atoms with E-state index in [-0.39, 0.29) is 17.3 Å². The first-order chi connectivity index (χ1) is 10.4. The van der Waals surface area contributed by atoms with Crippen molar-refractivity contribution in [3.05, 3.63) is 30.3 Å². The van der Waals surface area contributed by atoms with E-state index in [0.29, 0.717) is 12.3 Å². The van der Waals surface area contributed by atoms with Crippen LogP contribution in [0.1, 0.15) is 0 Å². The summed E-state index contributed by atoms with van der Waals surface area (Å²) >= 11 is 0. The number of rotatable bonds is 6. The molecule has 0 radical (unpaired) electrons. The van der Waals surface area contributed by atoms with E-state index in [1.807, 2.05) is 0 Å². The Morgan fingerprint density at radius 2 is 1.95 bits per heavy atom. The van der Waals surface area contributed by atoms with Gasteiger partial charge in [0.15, 0.2) is 0 Å². The highest BCUT2D eigenvalue weighted by molar-refractivity contribution is 7.89. The third-order valence-electron chi connectivity index (χ3n) is 3.32. The summed E-state index contributed by atoms with van der Waals surface area (Å²) in [5, 5.41) is 13.7. The van der Waals surface area contributed by atoms with E-state index in [0.717, 1.165) is 5.56 Å². The van der Waals surface area contributed by atoms with Crippen molar-refractivity contribution in [1.29, 1.82) is 0 Å². The fraction of sp³-hybridized carbons (Fsp3) is 0.357. The zero-order valence-corrected chi connectivity index (χ0v) is 13.5. The van der Waals surface area contributed by atoms with Gasteiger partial charge in [-0.25, -0.2) is 13.1 Å². The molecule has 0 saturated carbocycles. The second-order valence-electron chi connectivity index (χ2n) is 4.86. The van der Waals surface area contributed by atoms with E-state index >= 15 is 0 Å². The molecule has 0 aliphatic heterocycles. The van der Waals surface area contributed by atoms with Crippen molar-refractivity contribution in [2.24, 2.45) is 7.05 Å². The first kappa shape index (κ1) is 16.5. The van der Waals surface area contributed by atoms with Crippen LogP contribution in [0.3, 0.4) is 0 Å². The summed E-state index contributed by atoms with van der Waals surface area (Å²) in [6.45, 7) is 0.621. The summed E-state index contributed by atoms with van der Waals surface area (Å²) in [6, 6.07) is 7.91. The molecule has 8 heteroatoms. The number of ether oxygens (including phenoxy) is 1. The van der Waals surface area contributed by atoms with Crippen LogP contribution >= 0.6 is 0 Å². The van der Waals surface area contributed by atoms with Crippen LogP contribution in [0.2, 0.25) is 0 Å². The third kappa shape index (κ3) is 3.29. The van der Waals surface area contributed by atoms with Gasteiger partial charge in [0.25, 0.3) is 0 Å². The minimum absolute atomic E-state index is 0.0472. The summed E-state index contributed by atoms with van der Waals surface area (Å²) in [6.07, 6.45) is 0. The molecule has 2 rings (SSSR count). The van der Waals surface area contributed by atoms with E-state index in [4.69, 9.17) is 4.74 Å². The van der Waals surface area contributed by atoms with Crippen LogP contribution in [0, 0.1) is 0 Å². The van der Waals surface area contributed by atoms with Crippen molar-refractivity contribution < 1.29 is 18.3 Å². The predicted molar refractivity (Wildman–Crippen MR) is 82.0 cm³/mol. The van der Waals surface area contributed by atoms with Crippen LogP contribution in [-0.4, -0.2) is 54.9 Å². The molecule has 22 heavy (non-hydrogen) atoms. The van der Waals surface area contributed by atoms with Crippen LogP contribution in [0.5, 0.6) is 5.88 Å². The normalized spacial score (nSPS) is 12.0. The summed E-state index contributed by atoms with van der Waals surface area (Å²) in [5.41, 5.74) is 1.31. The van der Waals surface area contributed by atoms with Gasteiger partial charge in [-0.05, 0) is 12.1 Å². The quantitative estimate of drug-likeness (QED) is 0.858.